The number of rotatable bonds is 3. The first kappa shape index (κ1) is 14.0. The lowest BCUT2D eigenvalue weighted by molar-refractivity contribution is -0.148. The van der Waals surface area contributed by atoms with E-state index < -0.39 is 35.3 Å². The summed E-state index contributed by atoms with van der Waals surface area (Å²) >= 11 is 0. The molecule has 2 fully saturated rings. The van der Waals surface area contributed by atoms with Crippen LogP contribution in [0.5, 0.6) is 0 Å². The van der Waals surface area contributed by atoms with Gasteiger partial charge in [0, 0.05) is 6.07 Å². The zero-order chi connectivity index (χ0) is 15.1. The Bertz CT molecular complexity index is 605. The van der Waals surface area contributed by atoms with E-state index in [4.69, 9.17) is 0 Å². The predicted octanol–water partition coefficient (Wildman–Crippen LogP) is 2.65. The molecule has 0 unspecified atom stereocenters. The molecule has 21 heavy (non-hydrogen) atoms. The summed E-state index contributed by atoms with van der Waals surface area (Å²) in [6, 6.07) is 2.79. The van der Waals surface area contributed by atoms with Gasteiger partial charge in [0.05, 0.1) is 17.5 Å². The van der Waals surface area contributed by atoms with E-state index in [0.29, 0.717) is 0 Å². The zero-order valence-corrected chi connectivity index (χ0v) is 11.2. The fraction of sp³-hybridized carbons (Fsp3) is 0.467. The number of carboxylic acid groups (broad SMARTS) is 1. The minimum absolute atomic E-state index is 0.0145. The van der Waals surface area contributed by atoms with Gasteiger partial charge in [-0.3, -0.25) is 9.59 Å². The van der Waals surface area contributed by atoms with Crippen molar-refractivity contribution in [3.63, 3.8) is 0 Å². The standard InChI is InChI=1S/C15H15F2NO3/c16-9-3-4-10(17)11(6-9)18-14(19)12-7-1-2-8(5-7)13(12)15(20)21/h3-4,6-8,12-13H,1-2,5H2,(H,18,19)(H,20,21)/t7-,8+,12-,13-/m0/s1. The summed E-state index contributed by atoms with van der Waals surface area (Å²) in [6.07, 6.45) is 2.36. The van der Waals surface area contributed by atoms with Gasteiger partial charge in [0.2, 0.25) is 5.91 Å². The molecule has 0 spiro atoms. The predicted molar refractivity (Wildman–Crippen MR) is 70.4 cm³/mol. The van der Waals surface area contributed by atoms with Crippen LogP contribution in [0.4, 0.5) is 14.5 Å². The van der Waals surface area contributed by atoms with Gasteiger partial charge in [-0.15, -0.1) is 0 Å². The van der Waals surface area contributed by atoms with Crippen molar-refractivity contribution in [2.75, 3.05) is 5.32 Å². The van der Waals surface area contributed by atoms with Crippen molar-refractivity contribution in [1.82, 2.24) is 0 Å². The molecule has 0 saturated heterocycles. The first-order valence-electron chi connectivity index (χ1n) is 6.96. The average molecular weight is 295 g/mol. The first-order chi connectivity index (χ1) is 9.97. The Labute approximate surface area is 120 Å². The smallest absolute Gasteiger partial charge is 0.307 e. The molecule has 1 amide bonds. The van der Waals surface area contributed by atoms with Gasteiger partial charge in [-0.1, -0.05) is 0 Å². The molecule has 2 aliphatic carbocycles. The minimum Gasteiger partial charge on any atom is -0.481 e. The number of aliphatic carboxylic acids is 1. The van der Waals surface area contributed by atoms with Gasteiger partial charge in [-0.2, -0.15) is 0 Å². The Morgan fingerprint density at radius 3 is 2.48 bits per heavy atom. The van der Waals surface area contributed by atoms with Crippen molar-refractivity contribution in [2.45, 2.75) is 19.3 Å². The van der Waals surface area contributed by atoms with Crippen molar-refractivity contribution < 1.29 is 23.5 Å². The fourth-order valence-electron chi connectivity index (χ4n) is 3.83. The van der Waals surface area contributed by atoms with Gasteiger partial charge in [-0.05, 0) is 43.2 Å². The molecule has 0 radical (unpaired) electrons. The molecule has 0 aromatic heterocycles. The number of amides is 1. The monoisotopic (exact) mass is 295 g/mol. The normalized spacial score (nSPS) is 30.4. The van der Waals surface area contributed by atoms with Gasteiger partial charge in [0.25, 0.3) is 0 Å². The van der Waals surface area contributed by atoms with Crippen LogP contribution < -0.4 is 5.32 Å². The number of carbonyl (C=O) groups is 2. The van der Waals surface area contributed by atoms with E-state index in [1.54, 1.807) is 0 Å². The van der Waals surface area contributed by atoms with Crippen molar-refractivity contribution >= 4 is 17.6 Å². The van der Waals surface area contributed by atoms with Crippen LogP contribution in [0, 0.1) is 35.3 Å². The van der Waals surface area contributed by atoms with Gasteiger partial charge < -0.3 is 10.4 Å². The second kappa shape index (κ2) is 5.09. The molecule has 0 aliphatic heterocycles. The molecule has 112 valence electrons. The number of fused-ring (bicyclic) bond motifs is 2. The molecule has 4 atom stereocenters. The molecular formula is C15H15F2NO3. The maximum Gasteiger partial charge on any atom is 0.307 e. The Morgan fingerprint density at radius 2 is 1.81 bits per heavy atom. The minimum atomic E-state index is -0.984. The lowest BCUT2D eigenvalue weighted by Gasteiger charge is -2.27. The molecule has 1 aromatic carbocycles. The number of halogens is 2. The van der Waals surface area contributed by atoms with Crippen molar-refractivity contribution in [3.8, 4) is 0 Å². The molecule has 0 heterocycles. The SMILES string of the molecule is O=C(O)[C@H]1[C@@H]2CC[C@@H](C2)[C@@H]1C(=O)Nc1cc(F)ccc1F. The Morgan fingerprint density at radius 1 is 1.14 bits per heavy atom. The third-order valence-corrected chi connectivity index (χ3v) is 4.69. The molecule has 4 nitrogen and oxygen atoms in total. The van der Waals surface area contributed by atoms with E-state index in [1.807, 2.05) is 0 Å². The van der Waals surface area contributed by atoms with Crippen LogP contribution >= 0.6 is 0 Å². The van der Waals surface area contributed by atoms with Crippen LogP contribution in [-0.4, -0.2) is 17.0 Å². The third kappa shape index (κ3) is 2.39. The van der Waals surface area contributed by atoms with E-state index >= 15 is 0 Å². The van der Waals surface area contributed by atoms with E-state index in [1.165, 1.54) is 0 Å². The lowest BCUT2D eigenvalue weighted by atomic mass is 9.78. The summed E-state index contributed by atoms with van der Waals surface area (Å²) in [5.41, 5.74) is -0.244. The molecule has 3 rings (SSSR count). The molecule has 1 aromatic rings. The summed E-state index contributed by atoms with van der Waals surface area (Å²) in [4.78, 5) is 23.7. The summed E-state index contributed by atoms with van der Waals surface area (Å²) in [5, 5.41) is 11.7. The maximum absolute atomic E-state index is 13.6. The zero-order valence-electron chi connectivity index (χ0n) is 11.2. The average Bonchev–Trinajstić information content (AvgIpc) is 3.03. The number of hydrogen-bond donors (Lipinski definition) is 2. The fourth-order valence-corrected chi connectivity index (χ4v) is 3.83. The molecule has 2 aliphatic rings. The second-order valence-corrected chi connectivity index (χ2v) is 5.84. The quantitative estimate of drug-likeness (QED) is 0.901. The number of nitrogens with one attached hydrogen (secondary N) is 1. The number of hydrogen-bond acceptors (Lipinski definition) is 2. The molecule has 2 bridgehead atoms. The van der Waals surface area contributed by atoms with Crippen molar-refractivity contribution in [3.05, 3.63) is 29.8 Å². The third-order valence-electron chi connectivity index (χ3n) is 4.69. The second-order valence-electron chi connectivity index (χ2n) is 5.84. The van der Waals surface area contributed by atoms with Gasteiger partial charge in [0.15, 0.2) is 0 Å². The van der Waals surface area contributed by atoms with Gasteiger partial charge >= 0.3 is 5.97 Å². The highest BCUT2D eigenvalue weighted by Gasteiger charge is 2.54. The van der Waals surface area contributed by atoms with Crippen LogP contribution in [0.2, 0.25) is 0 Å². The lowest BCUT2D eigenvalue weighted by Crippen LogP contribution is -2.38. The number of carboxylic acids is 1. The van der Waals surface area contributed by atoms with Crippen LogP contribution in [-0.2, 0) is 9.59 Å². The van der Waals surface area contributed by atoms with Crippen LogP contribution in [0.15, 0.2) is 18.2 Å². The largest absolute Gasteiger partial charge is 0.481 e. The van der Waals surface area contributed by atoms with E-state index in [2.05, 4.69) is 5.32 Å². The number of benzene rings is 1. The summed E-state index contributed by atoms with van der Waals surface area (Å²) in [5.74, 6) is -4.26. The van der Waals surface area contributed by atoms with Crippen LogP contribution in [0.3, 0.4) is 0 Å². The Balaban J connectivity index is 1.81. The van der Waals surface area contributed by atoms with Gasteiger partial charge in [0.1, 0.15) is 11.6 Å². The van der Waals surface area contributed by atoms with Crippen LogP contribution in [0.25, 0.3) is 0 Å². The highest BCUT2D eigenvalue weighted by atomic mass is 19.1. The topological polar surface area (TPSA) is 66.4 Å². The first-order valence-corrected chi connectivity index (χ1v) is 6.96. The van der Waals surface area contributed by atoms with Crippen LogP contribution in [0.1, 0.15) is 19.3 Å². The Hall–Kier alpha value is -1.98. The van der Waals surface area contributed by atoms with E-state index in [9.17, 15) is 23.5 Å². The molecule has 6 heteroatoms. The van der Waals surface area contributed by atoms with E-state index in [-0.39, 0.29) is 17.5 Å². The highest BCUT2D eigenvalue weighted by molar-refractivity contribution is 5.96. The highest BCUT2D eigenvalue weighted by Crippen LogP contribution is 2.52. The molecule has 2 N–H and O–H groups in total. The van der Waals surface area contributed by atoms with Crippen molar-refractivity contribution in [1.29, 1.82) is 0 Å². The maximum atomic E-state index is 13.6. The molecule has 2 saturated carbocycles. The van der Waals surface area contributed by atoms with Gasteiger partial charge in [-0.25, -0.2) is 8.78 Å². The molecular weight excluding hydrogens is 280 g/mol. The van der Waals surface area contributed by atoms with E-state index in [0.717, 1.165) is 37.5 Å². The summed E-state index contributed by atoms with van der Waals surface area (Å²) in [7, 11) is 0. The van der Waals surface area contributed by atoms with Crippen molar-refractivity contribution in [2.24, 2.45) is 23.7 Å². The summed E-state index contributed by atoms with van der Waals surface area (Å²) in [6.45, 7) is 0. The number of anilines is 1. The summed E-state index contributed by atoms with van der Waals surface area (Å²) < 4.78 is 26.7. The number of carbonyl (C=O) groups excluding carboxylic acids is 1. The Kier molecular flexibility index (Phi) is 3.39.